The molecule has 7 heteroatoms. The number of halogens is 1. The lowest BCUT2D eigenvalue weighted by atomic mass is 10.1. The molecule has 2 aliphatic rings. The van der Waals surface area contributed by atoms with Crippen molar-refractivity contribution in [3.8, 4) is 0 Å². The van der Waals surface area contributed by atoms with Crippen molar-refractivity contribution in [2.45, 2.75) is 32.2 Å². The molecule has 1 aromatic heterocycles. The first-order chi connectivity index (χ1) is 12.5. The number of hydrogen-bond donors (Lipinski definition) is 1. The summed E-state index contributed by atoms with van der Waals surface area (Å²) in [7, 11) is 1.89. The molecule has 0 spiro atoms. The van der Waals surface area contributed by atoms with Gasteiger partial charge in [0.25, 0.3) is 0 Å². The number of amides is 2. The quantitative estimate of drug-likeness (QED) is 0.896. The van der Waals surface area contributed by atoms with Crippen LogP contribution >= 0.6 is 11.6 Å². The number of nitrogens with zero attached hydrogens (tertiary/aromatic N) is 3. The van der Waals surface area contributed by atoms with Crippen molar-refractivity contribution in [3.63, 3.8) is 0 Å². The fourth-order valence-corrected chi connectivity index (χ4v) is 3.48. The highest BCUT2D eigenvalue weighted by Crippen LogP contribution is 2.32. The standard InChI is InChI=1S/C19H21ClN4O2/c1-23-16-8-9-24(17(25)10-12-2-6-14(20)7-3-12)11-15(16)18(22-23)21-19(26)13-4-5-13/h2-3,6-7,13H,4-5,8-11H2,1H3,(H,21,22,26). The van der Waals surface area contributed by atoms with Gasteiger partial charge in [0.1, 0.15) is 0 Å². The molecule has 26 heavy (non-hydrogen) atoms. The first kappa shape index (κ1) is 17.1. The zero-order valence-corrected chi connectivity index (χ0v) is 15.4. The third kappa shape index (κ3) is 3.46. The Labute approximate surface area is 157 Å². The van der Waals surface area contributed by atoms with Gasteiger partial charge >= 0.3 is 0 Å². The van der Waals surface area contributed by atoms with E-state index < -0.39 is 0 Å². The van der Waals surface area contributed by atoms with Gasteiger partial charge in [-0.05, 0) is 30.5 Å². The van der Waals surface area contributed by atoms with Crippen LogP contribution in [0.15, 0.2) is 24.3 Å². The second-order valence-corrected chi connectivity index (χ2v) is 7.47. The first-order valence-corrected chi connectivity index (χ1v) is 9.27. The van der Waals surface area contributed by atoms with Crippen LogP contribution in [0.3, 0.4) is 0 Å². The topological polar surface area (TPSA) is 67.2 Å². The van der Waals surface area contributed by atoms with Crippen molar-refractivity contribution < 1.29 is 9.59 Å². The van der Waals surface area contributed by atoms with Crippen LogP contribution in [0.25, 0.3) is 0 Å². The molecule has 0 unspecified atom stereocenters. The Morgan fingerprint density at radius 1 is 1.27 bits per heavy atom. The number of carbonyl (C=O) groups excluding carboxylic acids is 2. The van der Waals surface area contributed by atoms with Crippen LogP contribution in [0.2, 0.25) is 5.02 Å². The fraction of sp³-hybridized carbons (Fsp3) is 0.421. The van der Waals surface area contributed by atoms with Crippen molar-refractivity contribution >= 4 is 29.2 Å². The van der Waals surface area contributed by atoms with Gasteiger partial charge in [0, 0.05) is 42.2 Å². The fourth-order valence-electron chi connectivity index (χ4n) is 3.36. The average Bonchev–Trinajstić information content (AvgIpc) is 3.43. The third-order valence-corrected chi connectivity index (χ3v) is 5.31. The Balaban J connectivity index is 1.48. The molecular formula is C19H21ClN4O2. The minimum atomic E-state index is 0.0375. The first-order valence-electron chi connectivity index (χ1n) is 8.89. The molecule has 1 fully saturated rings. The van der Waals surface area contributed by atoms with Crippen LogP contribution in [0.5, 0.6) is 0 Å². The molecule has 2 aromatic rings. The van der Waals surface area contributed by atoms with E-state index in [4.69, 9.17) is 11.6 Å². The number of hydrogen-bond acceptors (Lipinski definition) is 3. The third-order valence-electron chi connectivity index (χ3n) is 5.05. The van der Waals surface area contributed by atoms with Crippen molar-refractivity contribution in [1.29, 1.82) is 0 Å². The predicted octanol–water partition coefficient (Wildman–Crippen LogP) is 2.55. The van der Waals surface area contributed by atoms with Gasteiger partial charge in [-0.2, -0.15) is 5.10 Å². The van der Waals surface area contributed by atoms with Crippen LogP contribution in [-0.4, -0.2) is 33.0 Å². The lowest BCUT2D eigenvalue weighted by Crippen LogP contribution is -2.37. The zero-order valence-electron chi connectivity index (χ0n) is 14.7. The number of aryl methyl sites for hydroxylation is 1. The maximum Gasteiger partial charge on any atom is 0.228 e. The molecule has 1 N–H and O–H groups in total. The Kier molecular flexibility index (Phi) is 4.44. The minimum absolute atomic E-state index is 0.0375. The van der Waals surface area contributed by atoms with Crippen molar-refractivity contribution in [2.75, 3.05) is 11.9 Å². The Morgan fingerprint density at radius 3 is 2.69 bits per heavy atom. The molecule has 1 saturated carbocycles. The minimum Gasteiger partial charge on any atom is -0.337 e. The van der Waals surface area contributed by atoms with E-state index in [0.717, 1.165) is 36.1 Å². The van der Waals surface area contributed by atoms with Crippen molar-refractivity contribution in [1.82, 2.24) is 14.7 Å². The number of rotatable bonds is 4. The van der Waals surface area contributed by atoms with Gasteiger partial charge in [-0.15, -0.1) is 0 Å². The Hall–Kier alpha value is -2.34. The molecule has 2 heterocycles. The van der Waals surface area contributed by atoms with E-state index in [1.165, 1.54) is 0 Å². The molecule has 6 nitrogen and oxygen atoms in total. The molecule has 0 radical (unpaired) electrons. The summed E-state index contributed by atoms with van der Waals surface area (Å²) in [6.45, 7) is 1.14. The number of nitrogens with one attached hydrogen (secondary N) is 1. The zero-order chi connectivity index (χ0) is 18.3. The van der Waals surface area contributed by atoms with Crippen LogP contribution in [0.1, 0.15) is 29.7 Å². The predicted molar refractivity (Wildman–Crippen MR) is 98.8 cm³/mol. The summed E-state index contributed by atoms with van der Waals surface area (Å²) in [5, 5.41) is 8.07. The maximum atomic E-state index is 12.7. The molecular weight excluding hydrogens is 352 g/mol. The van der Waals surface area contributed by atoms with Crippen LogP contribution in [0.4, 0.5) is 5.82 Å². The van der Waals surface area contributed by atoms with Crippen LogP contribution < -0.4 is 5.32 Å². The molecule has 0 bridgehead atoms. The highest BCUT2D eigenvalue weighted by molar-refractivity contribution is 6.30. The second kappa shape index (κ2) is 6.76. The number of carbonyl (C=O) groups is 2. The van der Waals surface area contributed by atoms with Crippen molar-refractivity contribution in [2.24, 2.45) is 13.0 Å². The van der Waals surface area contributed by atoms with E-state index >= 15 is 0 Å². The number of fused-ring (bicyclic) bond motifs is 1. The molecule has 1 aliphatic carbocycles. The molecule has 1 aliphatic heterocycles. The van der Waals surface area contributed by atoms with E-state index in [9.17, 15) is 9.59 Å². The van der Waals surface area contributed by atoms with E-state index in [1.807, 2.05) is 28.8 Å². The van der Waals surface area contributed by atoms with E-state index in [-0.39, 0.29) is 17.7 Å². The summed E-state index contributed by atoms with van der Waals surface area (Å²) in [6.07, 6.45) is 2.99. The molecule has 1 aromatic carbocycles. The summed E-state index contributed by atoms with van der Waals surface area (Å²) >= 11 is 5.90. The lowest BCUT2D eigenvalue weighted by Gasteiger charge is -2.27. The number of benzene rings is 1. The van der Waals surface area contributed by atoms with Gasteiger partial charge in [0.15, 0.2) is 5.82 Å². The molecule has 136 valence electrons. The van der Waals surface area contributed by atoms with Gasteiger partial charge in [0.2, 0.25) is 11.8 Å². The molecule has 4 rings (SSSR count). The van der Waals surface area contributed by atoms with Gasteiger partial charge in [0.05, 0.1) is 13.0 Å². The summed E-state index contributed by atoms with van der Waals surface area (Å²) in [5.74, 6) is 0.832. The van der Waals surface area contributed by atoms with Crippen LogP contribution in [0, 0.1) is 5.92 Å². The Bertz CT molecular complexity index is 855. The number of aromatic nitrogens is 2. The molecule has 0 atom stereocenters. The Morgan fingerprint density at radius 2 is 2.00 bits per heavy atom. The summed E-state index contributed by atoms with van der Waals surface area (Å²) < 4.78 is 1.82. The SMILES string of the molecule is Cn1nc(NC(=O)C2CC2)c2c1CCN(C(=O)Cc1ccc(Cl)cc1)C2. The lowest BCUT2D eigenvalue weighted by molar-refractivity contribution is -0.131. The van der Waals surface area contributed by atoms with E-state index in [1.54, 1.807) is 12.1 Å². The second-order valence-electron chi connectivity index (χ2n) is 7.03. The van der Waals surface area contributed by atoms with Gasteiger partial charge in [-0.3, -0.25) is 14.3 Å². The van der Waals surface area contributed by atoms with Gasteiger partial charge < -0.3 is 10.2 Å². The normalized spacial score (nSPS) is 16.3. The van der Waals surface area contributed by atoms with E-state index in [0.29, 0.717) is 30.4 Å². The monoisotopic (exact) mass is 372 g/mol. The summed E-state index contributed by atoms with van der Waals surface area (Å²) in [6, 6.07) is 7.35. The average molecular weight is 373 g/mol. The summed E-state index contributed by atoms with van der Waals surface area (Å²) in [5.41, 5.74) is 2.99. The van der Waals surface area contributed by atoms with E-state index in [2.05, 4.69) is 10.4 Å². The smallest absolute Gasteiger partial charge is 0.228 e. The maximum absolute atomic E-state index is 12.7. The molecule has 2 amide bonds. The van der Waals surface area contributed by atoms with Gasteiger partial charge in [-0.1, -0.05) is 23.7 Å². The highest BCUT2D eigenvalue weighted by Gasteiger charge is 2.32. The largest absolute Gasteiger partial charge is 0.337 e. The van der Waals surface area contributed by atoms with Gasteiger partial charge in [-0.25, -0.2) is 0 Å². The van der Waals surface area contributed by atoms with Crippen LogP contribution in [-0.2, 0) is 36.0 Å². The summed E-state index contributed by atoms with van der Waals surface area (Å²) in [4.78, 5) is 26.6. The number of anilines is 1. The van der Waals surface area contributed by atoms with Crippen molar-refractivity contribution in [3.05, 3.63) is 46.1 Å². The molecule has 0 saturated heterocycles. The highest BCUT2D eigenvalue weighted by atomic mass is 35.5.